The third-order valence-electron chi connectivity index (χ3n) is 4.26. The van der Waals surface area contributed by atoms with Crippen molar-refractivity contribution in [2.75, 3.05) is 18.5 Å². The van der Waals surface area contributed by atoms with E-state index in [1.165, 1.54) is 0 Å². The van der Waals surface area contributed by atoms with Gasteiger partial charge in [-0.3, -0.25) is 4.79 Å². The number of rotatable bonds is 5. The van der Waals surface area contributed by atoms with Gasteiger partial charge in [-0.15, -0.1) is 12.4 Å². The fourth-order valence-corrected chi connectivity index (χ4v) is 3.87. The van der Waals surface area contributed by atoms with E-state index in [-0.39, 0.29) is 24.2 Å². The van der Waals surface area contributed by atoms with Gasteiger partial charge in [-0.25, -0.2) is 0 Å². The summed E-state index contributed by atoms with van der Waals surface area (Å²) in [5.41, 5.74) is 6.85. The predicted octanol–water partition coefficient (Wildman–Crippen LogP) is 4.61. The number of ether oxygens (including phenoxy) is 1. The summed E-state index contributed by atoms with van der Waals surface area (Å²) in [5.74, 6) is 0.0437. The van der Waals surface area contributed by atoms with Gasteiger partial charge in [-0.1, -0.05) is 35.5 Å². The van der Waals surface area contributed by atoms with Gasteiger partial charge in [-0.05, 0) is 55.2 Å². The second-order valence-corrected chi connectivity index (χ2v) is 7.54. The average molecular weight is 413 g/mol. The number of benzene rings is 2. The van der Waals surface area contributed by atoms with E-state index in [0.29, 0.717) is 13.2 Å². The van der Waals surface area contributed by atoms with Gasteiger partial charge in [0.25, 0.3) is 0 Å². The van der Waals surface area contributed by atoms with E-state index in [9.17, 15) is 4.79 Å². The fraction of sp³-hybridized carbons (Fsp3) is 0.316. The van der Waals surface area contributed by atoms with Crippen molar-refractivity contribution in [1.82, 2.24) is 0 Å². The molecule has 1 heterocycles. The number of hydrogen-bond donors (Lipinski definition) is 2. The lowest BCUT2D eigenvalue weighted by atomic mass is 9.92. The van der Waals surface area contributed by atoms with Crippen molar-refractivity contribution in [2.24, 2.45) is 11.7 Å². The van der Waals surface area contributed by atoms with Crippen LogP contribution in [-0.4, -0.2) is 25.2 Å². The van der Waals surface area contributed by atoms with E-state index in [1.54, 1.807) is 11.8 Å². The van der Waals surface area contributed by atoms with Crippen LogP contribution in [0.2, 0.25) is 5.02 Å². The Labute approximate surface area is 169 Å². The largest absolute Gasteiger partial charge is 0.381 e. The van der Waals surface area contributed by atoms with Crippen molar-refractivity contribution in [3.05, 3.63) is 53.6 Å². The Bertz CT molecular complexity index is 722. The van der Waals surface area contributed by atoms with E-state index < -0.39 is 6.04 Å². The quantitative estimate of drug-likeness (QED) is 0.752. The maximum absolute atomic E-state index is 12.3. The summed E-state index contributed by atoms with van der Waals surface area (Å²) in [6, 6.07) is 14.9. The molecule has 1 aliphatic heterocycles. The van der Waals surface area contributed by atoms with Gasteiger partial charge in [-0.2, -0.15) is 0 Å². The number of halogens is 2. The Kier molecular flexibility index (Phi) is 8.25. The molecule has 0 bridgehead atoms. The maximum atomic E-state index is 12.3. The molecular formula is C19H22Cl2N2O2S. The van der Waals surface area contributed by atoms with Crippen LogP contribution in [0.5, 0.6) is 0 Å². The zero-order valence-corrected chi connectivity index (χ0v) is 16.6. The zero-order chi connectivity index (χ0) is 17.6. The molecule has 3 rings (SSSR count). The lowest BCUT2D eigenvalue weighted by Gasteiger charge is -2.26. The summed E-state index contributed by atoms with van der Waals surface area (Å²) in [6.07, 6.45) is 1.67. The number of anilines is 1. The SMILES string of the molecule is Cl.NC(C(=O)Nc1ccc(Sc2ccccc2Cl)cc1)C1CCOCC1. The van der Waals surface area contributed by atoms with Gasteiger partial charge in [0, 0.05) is 28.7 Å². The van der Waals surface area contributed by atoms with Crippen LogP contribution in [0.15, 0.2) is 58.3 Å². The minimum Gasteiger partial charge on any atom is -0.381 e. The highest BCUT2D eigenvalue weighted by molar-refractivity contribution is 7.99. The monoisotopic (exact) mass is 412 g/mol. The standard InChI is InChI=1S/C19H21ClN2O2S.ClH/c20-16-3-1-2-4-17(16)25-15-7-5-14(6-8-15)22-19(23)18(21)13-9-11-24-12-10-13;/h1-8,13,18H,9-12,21H2,(H,22,23);1H. The van der Waals surface area contributed by atoms with Gasteiger partial charge in [0.1, 0.15) is 0 Å². The molecule has 4 nitrogen and oxygen atoms in total. The van der Waals surface area contributed by atoms with Crippen LogP contribution in [-0.2, 0) is 9.53 Å². The number of carbonyl (C=O) groups is 1. The molecule has 140 valence electrons. The van der Waals surface area contributed by atoms with Gasteiger partial charge in [0.2, 0.25) is 5.91 Å². The first kappa shape index (κ1) is 21.1. The molecule has 0 spiro atoms. The second-order valence-electron chi connectivity index (χ2n) is 6.02. The van der Waals surface area contributed by atoms with E-state index in [1.807, 2.05) is 48.5 Å². The Hall–Kier alpha value is -1.24. The minimum atomic E-state index is -0.499. The molecule has 2 aromatic rings. The lowest BCUT2D eigenvalue weighted by molar-refractivity contribution is -0.119. The normalized spacial score (nSPS) is 15.8. The third kappa shape index (κ3) is 5.63. The second kappa shape index (κ2) is 10.2. The van der Waals surface area contributed by atoms with E-state index in [0.717, 1.165) is 33.3 Å². The Morgan fingerprint density at radius 2 is 1.81 bits per heavy atom. The first-order valence-corrected chi connectivity index (χ1v) is 9.49. The number of amides is 1. The van der Waals surface area contributed by atoms with Crippen molar-refractivity contribution in [3.8, 4) is 0 Å². The predicted molar refractivity (Wildman–Crippen MR) is 109 cm³/mol. The van der Waals surface area contributed by atoms with Crippen LogP contribution in [0.4, 0.5) is 5.69 Å². The molecule has 3 N–H and O–H groups in total. The van der Waals surface area contributed by atoms with E-state index in [4.69, 9.17) is 22.1 Å². The Morgan fingerprint density at radius 1 is 1.15 bits per heavy atom. The van der Waals surface area contributed by atoms with Gasteiger partial charge in [0.05, 0.1) is 11.1 Å². The lowest BCUT2D eigenvalue weighted by Crippen LogP contribution is -2.43. The summed E-state index contributed by atoms with van der Waals surface area (Å²) in [4.78, 5) is 14.4. The zero-order valence-electron chi connectivity index (χ0n) is 14.2. The molecule has 1 fully saturated rings. The molecule has 7 heteroatoms. The van der Waals surface area contributed by atoms with Crippen molar-refractivity contribution in [1.29, 1.82) is 0 Å². The highest BCUT2D eigenvalue weighted by Gasteiger charge is 2.26. The molecule has 1 saturated heterocycles. The van der Waals surface area contributed by atoms with Crippen LogP contribution in [0, 0.1) is 5.92 Å². The van der Waals surface area contributed by atoms with Crippen molar-refractivity contribution >= 4 is 47.4 Å². The summed E-state index contributed by atoms with van der Waals surface area (Å²) in [7, 11) is 0. The topological polar surface area (TPSA) is 64.4 Å². The maximum Gasteiger partial charge on any atom is 0.241 e. The fourth-order valence-electron chi connectivity index (χ4n) is 2.78. The average Bonchev–Trinajstić information content (AvgIpc) is 2.65. The Balaban J connectivity index is 0.00000243. The van der Waals surface area contributed by atoms with Crippen molar-refractivity contribution in [3.63, 3.8) is 0 Å². The first-order valence-electron chi connectivity index (χ1n) is 8.30. The molecule has 0 saturated carbocycles. The van der Waals surface area contributed by atoms with E-state index in [2.05, 4.69) is 5.32 Å². The van der Waals surface area contributed by atoms with Crippen molar-refractivity contribution < 1.29 is 9.53 Å². The summed E-state index contributed by atoms with van der Waals surface area (Å²) >= 11 is 7.77. The van der Waals surface area contributed by atoms with Gasteiger partial charge in [0.15, 0.2) is 0 Å². The molecular weight excluding hydrogens is 391 g/mol. The third-order valence-corrected chi connectivity index (χ3v) is 5.79. The van der Waals surface area contributed by atoms with Crippen LogP contribution < -0.4 is 11.1 Å². The molecule has 1 atom stereocenters. The molecule has 1 unspecified atom stereocenters. The van der Waals surface area contributed by atoms with Crippen LogP contribution >= 0.6 is 35.8 Å². The summed E-state index contributed by atoms with van der Waals surface area (Å²) in [6.45, 7) is 1.36. The Morgan fingerprint density at radius 3 is 2.46 bits per heavy atom. The molecule has 1 amide bonds. The van der Waals surface area contributed by atoms with E-state index >= 15 is 0 Å². The van der Waals surface area contributed by atoms with Gasteiger partial charge < -0.3 is 15.8 Å². The minimum absolute atomic E-state index is 0. The van der Waals surface area contributed by atoms with Gasteiger partial charge >= 0.3 is 0 Å². The first-order chi connectivity index (χ1) is 12.1. The van der Waals surface area contributed by atoms with Crippen molar-refractivity contribution in [2.45, 2.75) is 28.7 Å². The molecule has 1 aliphatic rings. The number of hydrogen-bond acceptors (Lipinski definition) is 4. The van der Waals surface area contributed by atoms with Crippen LogP contribution in [0.1, 0.15) is 12.8 Å². The summed E-state index contributed by atoms with van der Waals surface area (Å²) < 4.78 is 5.32. The molecule has 0 aromatic heterocycles. The number of nitrogens with two attached hydrogens (primary N) is 1. The molecule has 2 aromatic carbocycles. The molecule has 0 aliphatic carbocycles. The number of nitrogens with one attached hydrogen (secondary N) is 1. The van der Waals surface area contributed by atoms with Crippen LogP contribution in [0.25, 0.3) is 0 Å². The highest BCUT2D eigenvalue weighted by Crippen LogP contribution is 2.33. The molecule has 0 radical (unpaired) electrons. The number of carbonyl (C=O) groups excluding carboxylic acids is 1. The highest BCUT2D eigenvalue weighted by atomic mass is 35.5. The summed E-state index contributed by atoms with van der Waals surface area (Å²) in [5, 5.41) is 3.63. The molecule has 26 heavy (non-hydrogen) atoms. The van der Waals surface area contributed by atoms with Crippen LogP contribution in [0.3, 0.4) is 0 Å². The smallest absolute Gasteiger partial charge is 0.241 e.